The number of hydrogen-bond acceptors (Lipinski definition) is 3. The Hall–Kier alpha value is -0.870. The highest BCUT2D eigenvalue weighted by Gasteiger charge is 2.22. The van der Waals surface area contributed by atoms with Crippen LogP contribution in [0.1, 0.15) is 57.7 Å². The Morgan fingerprint density at radius 3 is 2.84 bits per heavy atom. The highest BCUT2D eigenvalue weighted by molar-refractivity contribution is 5.00. The summed E-state index contributed by atoms with van der Waals surface area (Å²) < 4.78 is 2.06. The Labute approximate surface area is 116 Å². The van der Waals surface area contributed by atoms with Crippen molar-refractivity contribution < 1.29 is 5.11 Å². The first-order chi connectivity index (χ1) is 9.24. The normalized spacial score (nSPS) is 18.3. The molecule has 0 amide bonds. The number of rotatable bonds is 7. The van der Waals surface area contributed by atoms with E-state index in [0.29, 0.717) is 12.1 Å². The van der Waals surface area contributed by atoms with E-state index in [2.05, 4.69) is 40.8 Å². The summed E-state index contributed by atoms with van der Waals surface area (Å²) in [5.74, 6) is 0. The van der Waals surface area contributed by atoms with Gasteiger partial charge in [0.15, 0.2) is 0 Å². The molecule has 1 saturated carbocycles. The van der Waals surface area contributed by atoms with Gasteiger partial charge in [-0.15, -0.1) is 0 Å². The molecule has 1 aromatic rings. The van der Waals surface area contributed by atoms with Crippen molar-refractivity contribution in [3.63, 3.8) is 0 Å². The Morgan fingerprint density at radius 1 is 1.47 bits per heavy atom. The molecule has 1 heterocycles. The van der Waals surface area contributed by atoms with Gasteiger partial charge in [0, 0.05) is 31.4 Å². The van der Waals surface area contributed by atoms with Gasteiger partial charge in [-0.2, -0.15) is 5.10 Å². The molecular formula is C15H27N3O. The van der Waals surface area contributed by atoms with Crippen LogP contribution >= 0.6 is 0 Å². The van der Waals surface area contributed by atoms with Gasteiger partial charge in [-0.3, -0.25) is 9.58 Å². The van der Waals surface area contributed by atoms with Crippen LogP contribution in [0.15, 0.2) is 12.3 Å². The lowest BCUT2D eigenvalue weighted by atomic mass is 10.2. The molecule has 1 fully saturated rings. The zero-order valence-corrected chi connectivity index (χ0v) is 12.3. The molecule has 108 valence electrons. The molecule has 1 aromatic heterocycles. The van der Waals surface area contributed by atoms with Crippen molar-refractivity contribution in [2.75, 3.05) is 13.2 Å². The van der Waals surface area contributed by atoms with Crippen LogP contribution in [0.25, 0.3) is 0 Å². The molecule has 4 heteroatoms. The van der Waals surface area contributed by atoms with Gasteiger partial charge in [-0.1, -0.05) is 19.8 Å². The molecule has 1 N–H and O–H groups in total. The van der Waals surface area contributed by atoms with E-state index in [1.807, 2.05) is 0 Å². The molecule has 2 rings (SSSR count). The van der Waals surface area contributed by atoms with Crippen molar-refractivity contribution >= 4 is 0 Å². The summed E-state index contributed by atoms with van der Waals surface area (Å²) in [4.78, 5) is 2.40. The van der Waals surface area contributed by atoms with E-state index in [1.54, 1.807) is 0 Å². The SMILES string of the molecule is CCC(C)n1ccc(CN(CCO)C2CCCC2)n1. The van der Waals surface area contributed by atoms with Crippen LogP contribution in [0.4, 0.5) is 0 Å². The van der Waals surface area contributed by atoms with Gasteiger partial charge in [-0.25, -0.2) is 0 Å². The quantitative estimate of drug-likeness (QED) is 0.824. The Balaban J connectivity index is 1.97. The van der Waals surface area contributed by atoms with Gasteiger partial charge < -0.3 is 5.11 Å². The van der Waals surface area contributed by atoms with Crippen molar-refractivity contribution in [3.8, 4) is 0 Å². The van der Waals surface area contributed by atoms with E-state index in [0.717, 1.165) is 25.2 Å². The second-order valence-corrected chi connectivity index (χ2v) is 5.68. The largest absolute Gasteiger partial charge is 0.395 e. The average Bonchev–Trinajstić information content (AvgIpc) is 3.08. The number of aliphatic hydroxyl groups excluding tert-OH is 1. The molecule has 0 saturated heterocycles. The van der Waals surface area contributed by atoms with E-state index >= 15 is 0 Å². The predicted molar refractivity (Wildman–Crippen MR) is 77.0 cm³/mol. The maximum Gasteiger partial charge on any atom is 0.0765 e. The van der Waals surface area contributed by atoms with E-state index in [4.69, 9.17) is 0 Å². The number of nitrogens with zero attached hydrogens (tertiary/aromatic N) is 3. The van der Waals surface area contributed by atoms with Gasteiger partial charge in [0.25, 0.3) is 0 Å². The number of hydrogen-bond donors (Lipinski definition) is 1. The predicted octanol–water partition coefficient (Wildman–Crippen LogP) is 2.59. The van der Waals surface area contributed by atoms with Crippen molar-refractivity contribution in [2.45, 2.75) is 64.6 Å². The molecule has 0 aromatic carbocycles. The van der Waals surface area contributed by atoms with Crippen LogP contribution in [0, 0.1) is 0 Å². The molecule has 1 aliphatic rings. The molecule has 1 aliphatic carbocycles. The van der Waals surface area contributed by atoms with Gasteiger partial charge in [0.2, 0.25) is 0 Å². The Morgan fingerprint density at radius 2 is 2.21 bits per heavy atom. The summed E-state index contributed by atoms with van der Waals surface area (Å²) in [6, 6.07) is 3.22. The fourth-order valence-electron chi connectivity index (χ4n) is 2.89. The maximum atomic E-state index is 9.24. The molecule has 1 atom stereocenters. The topological polar surface area (TPSA) is 41.3 Å². The molecule has 0 spiro atoms. The van der Waals surface area contributed by atoms with E-state index in [-0.39, 0.29) is 6.61 Å². The van der Waals surface area contributed by atoms with Crippen LogP contribution in [-0.2, 0) is 6.54 Å². The van der Waals surface area contributed by atoms with E-state index in [9.17, 15) is 5.11 Å². The summed E-state index contributed by atoms with van der Waals surface area (Å²) >= 11 is 0. The molecule has 1 unspecified atom stereocenters. The Kier molecular flexibility index (Phi) is 5.40. The first-order valence-electron chi connectivity index (χ1n) is 7.63. The van der Waals surface area contributed by atoms with E-state index < -0.39 is 0 Å². The molecule has 19 heavy (non-hydrogen) atoms. The van der Waals surface area contributed by atoms with Gasteiger partial charge in [-0.05, 0) is 32.3 Å². The standard InChI is InChI=1S/C15H27N3O/c1-3-13(2)18-9-8-14(16-18)12-17(10-11-19)15-6-4-5-7-15/h8-9,13,15,19H,3-7,10-12H2,1-2H3. The molecule has 4 nitrogen and oxygen atoms in total. The first kappa shape index (κ1) is 14.5. The van der Waals surface area contributed by atoms with Crippen molar-refractivity contribution in [1.82, 2.24) is 14.7 Å². The highest BCUT2D eigenvalue weighted by Crippen LogP contribution is 2.24. The Bertz CT molecular complexity index is 371. The van der Waals surface area contributed by atoms with Crippen molar-refractivity contribution in [3.05, 3.63) is 18.0 Å². The number of aromatic nitrogens is 2. The van der Waals surface area contributed by atoms with Gasteiger partial charge in [0.1, 0.15) is 0 Å². The average molecular weight is 265 g/mol. The zero-order chi connectivity index (χ0) is 13.7. The van der Waals surface area contributed by atoms with Crippen LogP contribution in [0.3, 0.4) is 0 Å². The van der Waals surface area contributed by atoms with E-state index in [1.165, 1.54) is 25.7 Å². The monoisotopic (exact) mass is 265 g/mol. The minimum absolute atomic E-state index is 0.239. The summed E-state index contributed by atoms with van der Waals surface area (Å²) in [7, 11) is 0. The smallest absolute Gasteiger partial charge is 0.0765 e. The van der Waals surface area contributed by atoms with Gasteiger partial charge in [0.05, 0.1) is 12.3 Å². The lowest BCUT2D eigenvalue weighted by Crippen LogP contribution is -2.35. The highest BCUT2D eigenvalue weighted by atomic mass is 16.3. The zero-order valence-electron chi connectivity index (χ0n) is 12.3. The lowest BCUT2D eigenvalue weighted by molar-refractivity contribution is 0.143. The summed E-state index contributed by atoms with van der Waals surface area (Å²) in [6.45, 7) is 6.25. The van der Waals surface area contributed by atoms with Crippen LogP contribution in [0.2, 0.25) is 0 Å². The van der Waals surface area contributed by atoms with Crippen molar-refractivity contribution in [2.24, 2.45) is 0 Å². The molecule has 0 aliphatic heterocycles. The minimum Gasteiger partial charge on any atom is -0.395 e. The summed E-state index contributed by atoms with van der Waals surface area (Å²) in [5.41, 5.74) is 1.13. The van der Waals surface area contributed by atoms with Gasteiger partial charge >= 0.3 is 0 Å². The fraction of sp³-hybridized carbons (Fsp3) is 0.800. The number of aliphatic hydroxyl groups is 1. The van der Waals surface area contributed by atoms with Crippen LogP contribution in [-0.4, -0.2) is 39.0 Å². The molecular weight excluding hydrogens is 238 g/mol. The molecule has 0 radical (unpaired) electrons. The maximum absolute atomic E-state index is 9.24. The summed E-state index contributed by atoms with van der Waals surface area (Å²) in [5, 5.41) is 13.9. The van der Waals surface area contributed by atoms with Crippen LogP contribution < -0.4 is 0 Å². The second kappa shape index (κ2) is 7.06. The third kappa shape index (κ3) is 3.80. The lowest BCUT2D eigenvalue weighted by Gasteiger charge is -2.27. The fourth-order valence-corrected chi connectivity index (χ4v) is 2.89. The third-order valence-electron chi connectivity index (χ3n) is 4.30. The van der Waals surface area contributed by atoms with Crippen LogP contribution in [0.5, 0.6) is 0 Å². The second-order valence-electron chi connectivity index (χ2n) is 5.68. The summed E-state index contributed by atoms with van der Waals surface area (Å²) in [6.07, 6.45) is 8.37. The first-order valence-corrected chi connectivity index (χ1v) is 7.63. The third-order valence-corrected chi connectivity index (χ3v) is 4.30. The molecule has 0 bridgehead atoms. The van der Waals surface area contributed by atoms with Crippen molar-refractivity contribution in [1.29, 1.82) is 0 Å². The minimum atomic E-state index is 0.239.